The Morgan fingerprint density at radius 1 is 0.929 bits per heavy atom. The Balaban J connectivity index is 1.66. The fourth-order valence-electron chi connectivity index (χ4n) is 3.52. The lowest BCUT2D eigenvalue weighted by Gasteiger charge is -2.41. The number of rotatable bonds is 6. The molecule has 4 nitrogen and oxygen atoms in total. The maximum atomic E-state index is 12.3. The van der Waals surface area contributed by atoms with Crippen LogP contribution in [-0.4, -0.2) is 48.1 Å². The van der Waals surface area contributed by atoms with Crippen molar-refractivity contribution in [3.63, 3.8) is 0 Å². The van der Waals surface area contributed by atoms with Gasteiger partial charge in [0.15, 0.2) is 0 Å². The minimum atomic E-state index is -0.470. The summed E-state index contributed by atoms with van der Waals surface area (Å²) in [6.07, 6.45) is 0. The predicted octanol–water partition coefficient (Wildman–Crippen LogP) is 3.96. The van der Waals surface area contributed by atoms with Crippen LogP contribution in [0.4, 0.5) is 0 Å². The molecule has 1 aliphatic rings. The molecule has 28 heavy (non-hydrogen) atoms. The average molecular weight is 381 g/mol. The first-order valence-electron chi connectivity index (χ1n) is 10.1. The Kier molecular flexibility index (Phi) is 6.87. The number of hydrogen-bond donors (Lipinski definition) is 0. The van der Waals surface area contributed by atoms with Gasteiger partial charge < -0.3 is 4.74 Å². The molecule has 1 heterocycles. The topological polar surface area (TPSA) is 32.8 Å². The molecule has 1 fully saturated rings. The van der Waals surface area contributed by atoms with Crippen molar-refractivity contribution in [1.29, 1.82) is 0 Å². The number of piperazine rings is 1. The second-order valence-electron chi connectivity index (χ2n) is 8.68. The summed E-state index contributed by atoms with van der Waals surface area (Å²) in [6, 6.07) is 21.3. The molecule has 0 aliphatic carbocycles. The second-order valence-corrected chi connectivity index (χ2v) is 8.68. The Hall–Kier alpha value is -2.17. The molecule has 0 aromatic heterocycles. The molecular formula is C24H32N2O2. The van der Waals surface area contributed by atoms with Crippen LogP contribution < -0.4 is 0 Å². The molecule has 1 aliphatic heterocycles. The number of carbonyl (C=O) groups is 1. The molecule has 3 rings (SSSR count). The second kappa shape index (κ2) is 9.35. The fourth-order valence-corrected chi connectivity index (χ4v) is 3.52. The lowest BCUT2D eigenvalue weighted by Crippen LogP contribution is -2.54. The maximum absolute atomic E-state index is 12.3. The lowest BCUT2D eigenvalue weighted by atomic mass is 9.97. The summed E-state index contributed by atoms with van der Waals surface area (Å²) >= 11 is 0. The molecule has 0 radical (unpaired) electrons. The van der Waals surface area contributed by atoms with E-state index in [-0.39, 0.29) is 12.0 Å². The van der Waals surface area contributed by atoms with E-state index in [1.54, 1.807) is 0 Å². The van der Waals surface area contributed by atoms with Gasteiger partial charge in [0.25, 0.3) is 0 Å². The summed E-state index contributed by atoms with van der Waals surface area (Å²) in [6.45, 7) is 10.9. The van der Waals surface area contributed by atoms with E-state index in [0.717, 1.165) is 32.7 Å². The standard InChI is InChI=1S/C24H32N2O2/c1-24(2,3)23(27)28-19-22-18-25(16-20-10-6-4-7-11-20)14-15-26(22)17-21-12-8-5-9-13-21/h4-13,22H,14-19H2,1-3H3. The highest BCUT2D eigenvalue weighted by Crippen LogP contribution is 2.19. The summed E-state index contributed by atoms with van der Waals surface area (Å²) in [7, 11) is 0. The van der Waals surface area contributed by atoms with Crippen LogP contribution in [0.5, 0.6) is 0 Å². The van der Waals surface area contributed by atoms with Crippen molar-refractivity contribution in [3.05, 3.63) is 71.8 Å². The number of esters is 1. The van der Waals surface area contributed by atoms with Gasteiger partial charge in [-0.05, 0) is 31.9 Å². The first-order chi connectivity index (χ1) is 13.4. The molecule has 4 heteroatoms. The third kappa shape index (κ3) is 5.91. The SMILES string of the molecule is CC(C)(C)C(=O)OCC1CN(Cc2ccccc2)CCN1Cc1ccccc1. The maximum Gasteiger partial charge on any atom is 0.311 e. The Labute approximate surface area is 169 Å². The van der Waals surface area contributed by atoms with E-state index in [4.69, 9.17) is 4.74 Å². The van der Waals surface area contributed by atoms with Crippen LogP contribution in [0.1, 0.15) is 31.9 Å². The zero-order valence-electron chi connectivity index (χ0n) is 17.3. The number of hydrogen-bond acceptors (Lipinski definition) is 4. The number of ether oxygens (including phenoxy) is 1. The highest BCUT2D eigenvalue weighted by molar-refractivity contribution is 5.75. The number of nitrogens with zero attached hydrogens (tertiary/aromatic N) is 2. The molecule has 2 aromatic rings. The molecule has 1 unspecified atom stereocenters. The minimum absolute atomic E-state index is 0.132. The molecule has 1 atom stereocenters. The normalized spacial score (nSPS) is 18.8. The van der Waals surface area contributed by atoms with Crippen molar-refractivity contribution in [2.45, 2.75) is 39.9 Å². The molecule has 0 spiro atoms. The van der Waals surface area contributed by atoms with E-state index in [9.17, 15) is 4.79 Å². The summed E-state index contributed by atoms with van der Waals surface area (Å²) in [5, 5.41) is 0. The fraction of sp³-hybridized carbons (Fsp3) is 0.458. The summed E-state index contributed by atoms with van der Waals surface area (Å²) in [4.78, 5) is 17.2. The largest absolute Gasteiger partial charge is 0.464 e. The average Bonchev–Trinajstić information content (AvgIpc) is 2.68. The third-order valence-electron chi connectivity index (χ3n) is 5.19. The van der Waals surface area contributed by atoms with Gasteiger partial charge in [0.1, 0.15) is 6.61 Å². The lowest BCUT2D eigenvalue weighted by molar-refractivity contribution is -0.155. The highest BCUT2D eigenvalue weighted by Gasteiger charge is 2.30. The van der Waals surface area contributed by atoms with E-state index < -0.39 is 5.41 Å². The van der Waals surface area contributed by atoms with Crippen molar-refractivity contribution in [1.82, 2.24) is 9.80 Å². The van der Waals surface area contributed by atoms with Gasteiger partial charge in [-0.25, -0.2) is 0 Å². The quantitative estimate of drug-likeness (QED) is 0.710. The van der Waals surface area contributed by atoms with E-state index in [1.165, 1.54) is 11.1 Å². The molecule has 0 saturated carbocycles. The van der Waals surface area contributed by atoms with Crippen molar-refractivity contribution < 1.29 is 9.53 Å². The van der Waals surface area contributed by atoms with Crippen molar-refractivity contribution in [2.24, 2.45) is 5.41 Å². The first-order valence-corrected chi connectivity index (χ1v) is 10.1. The van der Waals surface area contributed by atoms with E-state index in [1.807, 2.05) is 26.8 Å². The zero-order chi connectivity index (χ0) is 20.0. The Bertz CT molecular complexity index is 740. The number of benzene rings is 2. The van der Waals surface area contributed by atoms with Gasteiger partial charge in [0, 0.05) is 32.7 Å². The van der Waals surface area contributed by atoms with Crippen LogP contribution in [0, 0.1) is 5.41 Å². The molecule has 0 N–H and O–H groups in total. The molecule has 0 amide bonds. The molecule has 150 valence electrons. The van der Waals surface area contributed by atoms with Gasteiger partial charge >= 0.3 is 5.97 Å². The van der Waals surface area contributed by atoms with Gasteiger partial charge in [-0.3, -0.25) is 14.6 Å². The van der Waals surface area contributed by atoms with Crippen molar-refractivity contribution >= 4 is 5.97 Å². The first kappa shape index (κ1) is 20.6. The van der Waals surface area contributed by atoms with Crippen LogP contribution in [0.25, 0.3) is 0 Å². The molecular weight excluding hydrogens is 348 g/mol. The monoisotopic (exact) mass is 380 g/mol. The Morgan fingerprint density at radius 2 is 1.50 bits per heavy atom. The van der Waals surface area contributed by atoms with Crippen LogP contribution in [0.15, 0.2) is 60.7 Å². The van der Waals surface area contributed by atoms with Crippen LogP contribution >= 0.6 is 0 Å². The Morgan fingerprint density at radius 3 is 2.07 bits per heavy atom. The van der Waals surface area contributed by atoms with E-state index >= 15 is 0 Å². The van der Waals surface area contributed by atoms with Crippen molar-refractivity contribution in [3.8, 4) is 0 Å². The van der Waals surface area contributed by atoms with Gasteiger partial charge in [-0.15, -0.1) is 0 Å². The van der Waals surface area contributed by atoms with Gasteiger partial charge in [0.2, 0.25) is 0 Å². The van der Waals surface area contributed by atoms with E-state index in [2.05, 4.69) is 64.4 Å². The predicted molar refractivity (Wildman–Crippen MR) is 113 cm³/mol. The zero-order valence-corrected chi connectivity index (χ0v) is 17.3. The third-order valence-corrected chi connectivity index (χ3v) is 5.19. The molecule has 2 aromatic carbocycles. The summed E-state index contributed by atoms with van der Waals surface area (Å²) in [5.41, 5.74) is 2.15. The molecule has 1 saturated heterocycles. The van der Waals surface area contributed by atoms with E-state index in [0.29, 0.717) is 6.61 Å². The minimum Gasteiger partial charge on any atom is -0.464 e. The summed E-state index contributed by atoms with van der Waals surface area (Å²) < 4.78 is 5.71. The van der Waals surface area contributed by atoms with Crippen LogP contribution in [0.2, 0.25) is 0 Å². The van der Waals surface area contributed by atoms with Crippen LogP contribution in [0.3, 0.4) is 0 Å². The van der Waals surface area contributed by atoms with Gasteiger partial charge in [-0.1, -0.05) is 60.7 Å². The van der Waals surface area contributed by atoms with Gasteiger partial charge in [-0.2, -0.15) is 0 Å². The smallest absolute Gasteiger partial charge is 0.311 e. The number of carbonyl (C=O) groups excluding carboxylic acids is 1. The van der Waals surface area contributed by atoms with Crippen molar-refractivity contribution in [2.75, 3.05) is 26.2 Å². The molecule has 0 bridgehead atoms. The highest BCUT2D eigenvalue weighted by atomic mass is 16.5. The van der Waals surface area contributed by atoms with Crippen LogP contribution in [-0.2, 0) is 22.6 Å². The summed E-state index contributed by atoms with van der Waals surface area (Å²) in [5.74, 6) is -0.132. The van der Waals surface area contributed by atoms with Gasteiger partial charge in [0.05, 0.1) is 11.5 Å².